The van der Waals surface area contributed by atoms with Gasteiger partial charge in [0, 0.05) is 25.2 Å². The summed E-state index contributed by atoms with van der Waals surface area (Å²) in [6, 6.07) is 3.19. The minimum absolute atomic E-state index is 0.516. The van der Waals surface area contributed by atoms with E-state index in [0.29, 0.717) is 17.6 Å². The molecule has 0 aromatic carbocycles. The van der Waals surface area contributed by atoms with Crippen molar-refractivity contribution in [1.82, 2.24) is 15.3 Å². The maximum absolute atomic E-state index is 8.68. The Morgan fingerprint density at radius 3 is 2.44 bits per heavy atom. The molecule has 5 heteroatoms. The van der Waals surface area contributed by atoms with E-state index >= 15 is 0 Å². The summed E-state index contributed by atoms with van der Waals surface area (Å²) < 4.78 is 0. The third-order valence-electron chi connectivity index (χ3n) is 3.27. The molecule has 2 unspecified atom stereocenters. The molecule has 1 N–H and O–H groups in total. The number of rotatable bonds is 1. The van der Waals surface area contributed by atoms with Crippen LogP contribution in [0.5, 0.6) is 0 Å². The van der Waals surface area contributed by atoms with E-state index in [2.05, 4.69) is 20.2 Å². The van der Waals surface area contributed by atoms with Crippen LogP contribution in [0.4, 0.5) is 5.95 Å². The molecule has 5 nitrogen and oxygen atoms in total. The monoisotopic (exact) mass is 215 g/mol. The Morgan fingerprint density at radius 2 is 1.88 bits per heavy atom. The van der Waals surface area contributed by atoms with Crippen LogP contribution in [0.2, 0.25) is 0 Å². The van der Waals surface area contributed by atoms with Crippen LogP contribution in [-0.2, 0) is 0 Å². The summed E-state index contributed by atoms with van der Waals surface area (Å²) in [6.45, 7) is 1.95. The standard InChI is InChI=1S/C11H13N5/c12-3-8-4-13-11(14-5-8)16-6-9-1-2-10(7-16)15-9/h4-5,9-10,15H,1-2,6-7H2. The average Bonchev–Trinajstić information content (AvgIpc) is 2.68. The molecular weight excluding hydrogens is 202 g/mol. The van der Waals surface area contributed by atoms with Crippen molar-refractivity contribution in [1.29, 1.82) is 5.26 Å². The van der Waals surface area contributed by atoms with Crippen LogP contribution in [0.3, 0.4) is 0 Å². The van der Waals surface area contributed by atoms with Gasteiger partial charge in [-0.25, -0.2) is 9.97 Å². The highest BCUT2D eigenvalue weighted by molar-refractivity contribution is 5.35. The molecule has 2 saturated heterocycles. The average molecular weight is 215 g/mol. The second kappa shape index (κ2) is 3.72. The SMILES string of the molecule is N#Cc1cnc(N2CC3CCC(C2)N3)nc1. The molecule has 1 aromatic heterocycles. The van der Waals surface area contributed by atoms with E-state index in [1.165, 1.54) is 12.8 Å². The molecule has 16 heavy (non-hydrogen) atoms. The van der Waals surface area contributed by atoms with E-state index in [4.69, 9.17) is 5.26 Å². The van der Waals surface area contributed by atoms with Gasteiger partial charge in [-0.3, -0.25) is 0 Å². The second-order valence-electron chi connectivity index (χ2n) is 4.43. The van der Waals surface area contributed by atoms with Crippen molar-refractivity contribution in [2.75, 3.05) is 18.0 Å². The fraction of sp³-hybridized carbons (Fsp3) is 0.545. The third kappa shape index (κ3) is 1.61. The van der Waals surface area contributed by atoms with Gasteiger partial charge in [0.2, 0.25) is 5.95 Å². The largest absolute Gasteiger partial charge is 0.338 e. The number of aromatic nitrogens is 2. The van der Waals surface area contributed by atoms with Crippen molar-refractivity contribution < 1.29 is 0 Å². The molecule has 0 amide bonds. The zero-order valence-electron chi connectivity index (χ0n) is 8.93. The van der Waals surface area contributed by atoms with Gasteiger partial charge < -0.3 is 10.2 Å². The van der Waals surface area contributed by atoms with Crippen molar-refractivity contribution in [3.63, 3.8) is 0 Å². The Hall–Kier alpha value is -1.67. The van der Waals surface area contributed by atoms with Gasteiger partial charge in [-0.05, 0) is 12.8 Å². The molecule has 2 fully saturated rings. The van der Waals surface area contributed by atoms with Crippen LogP contribution in [0, 0.1) is 11.3 Å². The lowest BCUT2D eigenvalue weighted by molar-refractivity contribution is 0.460. The molecule has 3 heterocycles. The van der Waals surface area contributed by atoms with Crippen molar-refractivity contribution in [2.45, 2.75) is 24.9 Å². The molecule has 0 spiro atoms. The number of nitriles is 1. The topological polar surface area (TPSA) is 64.8 Å². The molecule has 0 saturated carbocycles. The smallest absolute Gasteiger partial charge is 0.225 e. The van der Waals surface area contributed by atoms with Gasteiger partial charge in [0.15, 0.2) is 0 Å². The van der Waals surface area contributed by atoms with Gasteiger partial charge in [-0.2, -0.15) is 5.26 Å². The predicted octanol–water partition coefficient (Wildman–Crippen LogP) is 0.289. The van der Waals surface area contributed by atoms with Crippen molar-refractivity contribution >= 4 is 5.95 Å². The van der Waals surface area contributed by atoms with Gasteiger partial charge in [0.1, 0.15) is 6.07 Å². The number of piperazine rings is 1. The van der Waals surface area contributed by atoms with Crippen molar-refractivity contribution in [3.05, 3.63) is 18.0 Å². The summed E-state index contributed by atoms with van der Waals surface area (Å²) in [4.78, 5) is 10.7. The Kier molecular flexibility index (Phi) is 2.22. The number of hydrogen-bond donors (Lipinski definition) is 1. The van der Waals surface area contributed by atoms with Crippen molar-refractivity contribution in [3.8, 4) is 6.07 Å². The molecule has 82 valence electrons. The van der Waals surface area contributed by atoms with E-state index in [9.17, 15) is 0 Å². The van der Waals surface area contributed by atoms with Gasteiger partial charge in [-0.1, -0.05) is 0 Å². The van der Waals surface area contributed by atoms with E-state index in [1.807, 2.05) is 6.07 Å². The fourth-order valence-electron chi connectivity index (χ4n) is 2.50. The zero-order chi connectivity index (χ0) is 11.0. The quantitative estimate of drug-likeness (QED) is 0.729. The summed E-state index contributed by atoms with van der Waals surface area (Å²) in [5.74, 6) is 0.748. The van der Waals surface area contributed by atoms with Crippen LogP contribution >= 0.6 is 0 Å². The van der Waals surface area contributed by atoms with Gasteiger partial charge in [-0.15, -0.1) is 0 Å². The highest BCUT2D eigenvalue weighted by atomic mass is 15.3. The predicted molar refractivity (Wildman–Crippen MR) is 58.9 cm³/mol. The van der Waals surface area contributed by atoms with E-state index < -0.39 is 0 Å². The summed E-state index contributed by atoms with van der Waals surface area (Å²) in [5.41, 5.74) is 0.516. The van der Waals surface area contributed by atoms with Crippen molar-refractivity contribution in [2.24, 2.45) is 0 Å². The molecule has 2 bridgehead atoms. The number of hydrogen-bond acceptors (Lipinski definition) is 5. The van der Waals surface area contributed by atoms with Crippen LogP contribution < -0.4 is 10.2 Å². The Morgan fingerprint density at radius 1 is 1.25 bits per heavy atom. The lowest BCUT2D eigenvalue weighted by atomic mass is 10.2. The second-order valence-corrected chi connectivity index (χ2v) is 4.43. The molecule has 2 atom stereocenters. The van der Waals surface area contributed by atoms with Gasteiger partial charge >= 0.3 is 0 Å². The molecule has 0 radical (unpaired) electrons. The van der Waals surface area contributed by atoms with Gasteiger partial charge in [0.05, 0.1) is 18.0 Å². The molecular formula is C11H13N5. The maximum Gasteiger partial charge on any atom is 0.225 e. The first-order valence-electron chi connectivity index (χ1n) is 5.58. The Bertz CT molecular complexity index is 409. The summed E-state index contributed by atoms with van der Waals surface area (Å²) in [6.07, 6.45) is 5.67. The molecule has 3 rings (SSSR count). The normalized spacial score (nSPS) is 27.8. The number of nitrogens with one attached hydrogen (secondary N) is 1. The first-order chi connectivity index (χ1) is 7.85. The van der Waals surface area contributed by atoms with E-state index in [-0.39, 0.29) is 0 Å². The number of fused-ring (bicyclic) bond motifs is 2. The fourth-order valence-corrected chi connectivity index (χ4v) is 2.50. The summed E-state index contributed by atoms with van der Waals surface area (Å²) >= 11 is 0. The first-order valence-corrected chi connectivity index (χ1v) is 5.58. The molecule has 1 aromatic rings. The van der Waals surface area contributed by atoms with Crippen LogP contribution in [0.1, 0.15) is 18.4 Å². The third-order valence-corrected chi connectivity index (χ3v) is 3.27. The minimum Gasteiger partial charge on any atom is -0.338 e. The number of nitrogens with zero attached hydrogens (tertiary/aromatic N) is 4. The van der Waals surface area contributed by atoms with Crippen LogP contribution in [0.25, 0.3) is 0 Å². The lowest BCUT2D eigenvalue weighted by Gasteiger charge is -2.32. The summed E-state index contributed by atoms with van der Waals surface area (Å²) in [7, 11) is 0. The summed E-state index contributed by atoms with van der Waals surface area (Å²) in [5, 5.41) is 12.2. The maximum atomic E-state index is 8.68. The zero-order valence-corrected chi connectivity index (χ0v) is 8.93. The van der Waals surface area contributed by atoms with Crippen LogP contribution in [-0.4, -0.2) is 35.1 Å². The molecule has 0 aliphatic carbocycles. The molecule has 2 aliphatic rings. The molecule has 2 aliphatic heterocycles. The first kappa shape index (κ1) is 9.55. The Balaban J connectivity index is 1.79. The minimum atomic E-state index is 0.516. The Labute approximate surface area is 94.1 Å². The number of anilines is 1. The van der Waals surface area contributed by atoms with E-state index in [0.717, 1.165) is 19.0 Å². The van der Waals surface area contributed by atoms with E-state index in [1.54, 1.807) is 12.4 Å². The lowest BCUT2D eigenvalue weighted by Crippen LogP contribution is -2.51. The van der Waals surface area contributed by atoms with Crippen LogP contribution in [0.15, 0.2) is 12.4 Å². The highest BCUT2D eigenvalue weighted by Gasteiger charge is 2.32. The highest BCUT2D eigenvalue weighted by Crippen LogP contribution is 2.22. The van der Waals surface area contributed by atoms with Gasteiger partial charge in [0.25, 0.3) is 0 Å².